The van der Waals surface area contributed by atoms with E-state index in [2.05, 4.69) is 9.98 Å². The van der Waals surface area contributed by atoms with Crippen LogP contribution in [-0.4, -0.2) is 21.6 Å². The Morgan fingerprint density at radius 1 is 0.650 bits per heavy atom. The van der Waals surface area contributed by atoms with E-state index in [1.807, 2.05) is 13.8 Å². The first kappa shape index (κ1) is 13.8. The zero-order chi connectivity index (χ0) is 14.5. The van der Waals surface area contributed by atoms with Crippen molar-refractivity contribution in [2.75, 3.05) is 0 Å². The lowest BCUT2D eigenvalue weighted by Gasteiger charge is -2.02. The molecular formula is C16H16N2O2. The number of aromatic hydroxyl groups is 2. The molecule has 4 heteroatoms. The summed E-state index contributed by atoms with van der Waals surface area (Å²) in [5.74, 6) is 0.437. The molecule has 0 saturated heterocycles. The molecule has 4 nitrogen and oxygen atoms in total. The molecular weight excluding hydrogens is 252 g/mol. The van der Waals surface area contributed by atoms with Crippen molar-refractivity contribution < 1.29 is 10.2 Å². The van der Waals surface area contributed by atoms with Gasteiger partial charge in [-0.1, -0.05) is 0 Å². The van der Waals surface area contributed by atoms with Crippen LogP contribution in [0.3, 0.4) is 0 Å². The fourth-order valence-corrected chi connectivity index (χ4v) is 1.60. The summed E-state index contributed by atoms with van der Waals surface area (Å²) in [5.41, 5.74) is 3.12. The van der Waals surface area contributed by atoms with Crippen LogP contribution in [0.25, 0.3) is 0 Å². The highest BCUT2D eigenvalue weighted by atomic mass is 16.3. The van der Waals surface area contributed by atoms with Gasteiger partial charge in [0.1, 0.15) is 11.5 Å². The van der Waals surface area contributed by atoms with Crippen LogP contribution in [0, 0.1) is 0 Å². The van der Waals surface area contributed by atoms with Gasteiger partial charge in [0.15, 0.2) is 0 Å². The third kappa shape index (κ3) is 3.68. The Hall–Kier alpha value is -2.62. The predicted octanol–water partition coefficient (Wildman–Crippen LogP) is 3.98. The highest BCUT2D eigenvalue weighted by Gasteiger charge is 1.99. The number of phenols is 2. The molecule has 2 aromatic rings. The number of nitrogens with zero attached hydrogens (tertiary/aromatic N) is 2. The predicted molar refractivity (Wildman–Crippen MR) is 81.8 cm³/mol. The van der Waals surface area contributed by atoms with Crippen molar-refractivity contribution in [1.29, 1.82) is 0 Å². The molecule has 2 aromatic carbocycles. The van der Waals surface area contributed by atoms with Crippen molar-refractivity contribution in [3.63, 3.8) is 0 Å². The number of hydrogen-bond donors (Lipinski definition) is 2. The summed E-state index contributed by atoms with van der Waals surface area (Å²) < 4.78 is 0. The van der Waals surface area contributed by atoms with Crippen molar-refractivity contribution in [3.05, 3.63) is 48.5 Å². The molecule has 0 bridgehead atoms. The van der Waals surface area contributed by atoms with Crippen molar-refractivity contribution in [1.82, 2.24) is 0 Å². The molecule has 0 aliphatic rings. The summed E-state index contributed by atoms with van der Waals surface area (Å²) in [6, 6.07) is 13.4. The third-order valence-corrected chi connectivity index (χ3v) is 2.82. The lowest BCUT2D eigenvalue weighted by molar-refractivity contribution is 0.475. The van der Waals surface area contributed by atoms with Crippen molar-refractivity contribution in [2.45, 2.75) is 13.8 Å². The van der Waals surface area contributed by atoms with Crippen molar-refractivity contribution in [3.8, 4) is 11.5 Å². The SMILES string of the molecule is CC(=Nc1ccc(O)cc1)C(C)=Nc1ccc(O)cc1. The second-order valence-electron chi connectivity index (χ2n) is 4.43. The highest BCUT2D eigenvalue weighted by molar-refractivity contribution is 6.41. The lowest BCUT2D eigenvalue weighted by atomic mass is 10.2. The Balaban J connectivity index is 2.21. The van der Waals surface area contributed by atoms with Gasteiger partial charge in [-0.25, -0.2) is 0 Å². The van der Waals surface area contributed by atoms with E-state index in [9.17, 15) is 10.2 Å². The molecule has 0 saturated carbocycles. The van der Waals surface area contributed by atoms with Crippen LogP contribution >= 0.6 is 0 Å². The molecule has 0 amide bonds. The smallest absolute Gasteiger partial charge is 0.115 e. The van der Waals surface area contributed by atoms with Crippen LogP contribution in [0.15, 0.2) is 58.5 Å². The van der Waals surface area contributed by atoms with Gasteiger partial charge in [-0.3, -0.25) is 9.98 Å². The van der Waals surface area contributed by atoms with Gasteiger partial charge in [0, 0.05) is 0 Å². The number of aliphatic imine (C=N–C) groups is 2. The fraction of sp³-hybridized carbons (Fsp3) is 0.125. The minimum absolute atomic E-state index is 0.219. The van der Waals surface area contributed by atoms with Gasteiger partial charge in [0.05, 0.1) is 22.8 Å². The Labute approximate surface area is 117 Å². The van der Waals surface area contributed by atoms with E-state index in [1.165, 1.54) is 0 Å². The zero-order valence-corrected chi connectivity index (χ0v) is 11.4. The molecule has 0 aliphatic heterocycles. The Bertz CT molecular complexity index is 582. The average Bonchev–Trinajstić information content (AvgIpc) is 2.44. The summed E-state index contributed by atoms with van der Waals surface area (Å²) in [4.78, 5) is 8.88. The molecule has 0 heterocycles. The molecule has 0 aliphatic carbocycles. The van der Waals surface area contributed by atoms with Crippen molar-refractivity contribution >= 4 is 22.8 Å². The van der Waals surface area contributed by atoms with E-state index in [0.29, 0.717) is 0 Å². The van der Waals surface area contributed by atoms with Crippen LogP contribution in [0.4, 0.5) is 11.4 Å². The van der Waals surface area contributed by atoms with Gasteiger partial charge in [-0.2, -0.15) is 0 Å². The first-order valence-electron chi connectivity index (χ1n) is 6.23. The number of hydrogen-bond acceptors (Lipinski definition) is 4. The summed E-state index contributed by atoms with van der Waals surface area (Å²) in [6.07, 6.45) is 0. The van der Waals surface area contributed by atoms with Gasteiger partial charge in [0.25, 0.3) is 0 Å². The standard InChI is InChI=1S/C16H16N2O2/c1-11(17-13-3-7-15(19)8-4-13)12(2)18-14-5-9-16(20)10-6-14/h3-10,19-20H,1-2H3. The Morgan fingerprint density at radius 2 is 0.950 bits per heavy atom. The summed E-state index contributed by atoms with van der Waals surface area (Å²) in [7, 11) is 0. The Kier molecular flexibility index (Phi) is 4.15. The minimum atomic E-state index is 0.219. The van der Waals surface area contributed by atoms with E-state index in [4.69, 9.17) is 0 Å². The third-order valence-electron chi connectivity index (χ3n) is 2.82. The number of phenolic OH excluding ortho intramolecular Hbond substituents is 2. The molecule has 20 heavy (non-hydrogen) atoms. The molecule has 0 aromatic heterocycles. The van der Waals surface area contributed by atoms with E-state index < -0.39 is 0 Å². The average molecular weight is 268 g/mol. The first-order valence-corrected chi connectivity index (χ1v) is 6.23. The molecule has 0 unspecified atom stereocenters. The van der Waals surface area contributed by atoms with E-state index in [-0.39, 0.29) is 11.5 Å². The normalized spacial score (nSPS) is 12.5. The van der Waals surface area contributed by atoms with Gasteiger partial charge in [0.2, 0.25) is 0 Å². The van der Waals surface area contributed by atoms with E-state index in [1.54, 1.807) is 48.5 Å². The van der Waals surface area contributed by atoms with Crippen LogP contribution in [0.1, 0.15) is 13.8 Å². The fourth-order valence-electron chi connectivity index (χ4n) is 1.60. The maximum absolute atomic E-state index is 9.22. The maximum Gasteiger partial charge on any atom is 0.115 e. The number of benzene rings is 2. The van der Waals surface area contributed by atoms with E-state index >= 15 is 0 Å². The summed E-state index contributed by atoms with van der Waals surface area (Å²) in [5, 5.41) is 18.4. The molecule has 0 atom stereocenters. The summed E-state index contributed by atoms with van der Waals surface area (Å²) >= 11 is 0. The van der Waals surface area contributed by atoms with Gasteiger partial charge >= 0.3 is 0 Å². The van der Waals surface area contributed by atoms with Gasteiger partial charge < -0.3 is 10.2 Å². The van der Waals surface area contributed by atoms with Crippen LogP contribution in [0.2, 0.25) is 0 Å². The largest absolute Gasteiger partial charge is 0.508 e. The Morgan fingerprint density at radius 3 is 1.25 bits per heavy atom. The highest BCUT2D eigenvalue weighted by Crippen LogP contribution is 2.19. The van der Waals surface area contributed by atoms with Gasteiger partial charge in [-0.05, 0) is 62.4 Å². The lowest BCUT2D eigenvalue weighted by Crippen LogP contribution is -2.04. The molecule has 102 valence electrons. The quantitative estimate of drug-likeness (QED) is 0.827. The van der Waals surface area contributed by atoms with Crippen LogP contribution in [0.5, 0.6) is 11.5 Å². The maximum atomic E-state index is 9.22. The molecule has 0 radical (unpaired) electrons. The molecule has 2 N–H and O–H groups in total. The first-order chi connectivity index (χ1) is 9.54. The topological polar surface area (TPSA) is 65.2 Å². The zero-order valence-electron chi connectivity index (χ0n) is 11.4. The molecule has 0 spiro atoms. The second-order valence-corrected chi connectivity index (χ2v) is 4.43. The monoisotopic (exact) mass is 268 g/mol. The van der Waals surface area contributed by atoms with E-state index in [0.717, 1.165) is 22.8 Å². The minimum Gasteiger partial charge on any atom is -0.508 e. The molecule has 2 rings (SSSR count). The summed E-state index contributed by atoms with van der Waals surface area (Å²) in [6.45, 7) is 3.76. The molecule has 0 fully saturated rings. The van der Waals surface area contributed by atoms with Crippen LogP contribution < -0.4 is 0 Å². The number of rotatable bonds is 3. The second kappa shape index (κ2) is 6.02. The van der Waals surface area contributed by atoms with Crippen molar-refractivity contribution in [2.24, 2.45) is 9.98 Å². The van der Waals surface area contributed by atoms with Gasteiger partial charge in [-0.15, -0.1) is 0 Å². The van der Waals surface area contributed by atoms with Crippen LogP contribution in [-0.2, 0) is 0 Å².